The van der Waals surface area contributed by atoms with E-state index in [1.54, 1.807) is 13.2 Å². The van der Waals surface area contributed by atoms with Crippen molar-refractivity contribution in [3.63, 3.8) is 0 Å². The minimum absolute atomic E-state index is 0.284. The number of ether oxygens (including phenoxy) is 1. The first-order valence-electron chi connectivity index (χ1n) is 8.84. The van der Waals surface area contributed by atoms with Gasteiger partial charge in [0.25, 0.3) is 0 Å². The van der Waals surface area contributed by atoms with E-state index in [1.165, 1.54) is 0 Å². The maximum absolute atomic E-state index is 12.9. The van der Waals surface area contributed by atoms with Crippen LogP contribution < -0.4 is 9.46 Å². The highest BCUT2D eigenvalue weighted by molar-refractivity contribution is 7.89. The molecule has 0 aliphatic rings. The Morgan fingerprint density at radius 2 is 1.58 bits per heavy atom. The second-order valence-electron chi connectivity index (χ2n) is 7.22. The zero-order valence-corrected chi connectivity index (χ0v) is 17.5. The molecular weight excluding hydrogens is 346 g/mol. The first-order valence-corrected chi connectivity index (χ1v) is 10.3. The van der Waals surface area contributed by atoms with Crippen LogP contribution in [-0.2, 0) is 10.0 Å². The van der Waals surface area contributed by atoms with E-state index in [0.29, 0.717) is 4.90 Å². The maximum atomic E-state index is 12.9. The molecule has 1 N–H and O–H groups in total. The van der Waals surface area contributed by atoms with E-state index in [2.05, 4.69) is 24.6 Å². The Labute approximate surface area is 157 Å². The Balaban J connectivity index is 2.42. The minimum atomic E-state index is -3.61. The van der Waals surface area contributed by atoms with Crippen LogP contribution in [0.15, 0.2) is 35.2 Å². The summed E-state index contributed by atoms with van der Waals surface area (Å²) in [5, 5.41) is 0. The monoisotopic (exact) mass is 375 g/mol. The molecule has 0 amide bonds. The molecule has 0 heterocycles. The lowest BCUT2D eigenvalue weighted by Crippen LogP contribution is -2.28. The van der Waals surface area contributed by atoms with Crippen molar-refractivity contribution < 1.29 is 13.2 Å². The topological polar surface area (TPSA) is 55.4 Å². The van der Waals surface area contributed by atoms with Crippen LogP contribution >= 0.6 is 0 Å². The number of aryl methyl sites for hydroxylation is 3. The molecule has 26 heavy (non-hydrogen) atoms. The molecule has 2 aromatic rings. The van der Waals surface area contributed by atoms with Gasteiger partial charge in [-0.15, -0.1) is 0 Å². The van der Waals surface area contributed by atoms with Gasteiger partial charge in [-0.1, -0.05) is 26.0 Å². The lowest BCUT2D eigenvalue weighted by Gasteiger charge is -2.21. The zero-order valence-electron chi connectivity index (χ0n) is 16.7. The summed E-state index contributed by atoms with van der Waals surface area (Å²) in [6.07, 6.45) is 0. The van der Waals surface area contributed by atoms with Gasteiger partial charge in [0.2, 0.25) is 10.0 Å². The van der Waals surface area contributed by atoms with Gasteiger partial charge < -0.3 is 4.74 Å². The molecule has 142 valence electrons. The first-order chi connectivity index (χ1) is 12.1. The van der Waals surface area contributed by atoms with E-state index in [9.17, 15) is 8.42 Å². The first kappa shape index (κ1) is 20.5. The molecule has 0 aliphatic heterocycles. The number of benzene rings is 2. The summed E-state index contributed by atoms with van der Waals surface area (Å²) in [7, 11) is -1.95. The fourth-order valence-corrected chi connectivity index (χ4v) is 4.72. The molecule has 2 aromatic carbocycles. The summed E-state index contributed by atoms with van der Waals surface area (Å²) in [4.78, 5) is 0.333. The minimum Gasteiger partial charge on any atom is -0.496 e. The van der Waals surface area contributed by atoms with Crippen molar-refractivity contribution in [2.45, 2.75) is 58.4 Å². The average Bonchev–Trinajstić information content (AvgIpc) is 2.55. The number of hydrogen-bond acceptors (Lipinski definition) is 3. The summed E-state index contributed by atoms with van der Waals surface area (Å²) in [6, 6.07) is 9.15. The summed E-state index contributed by atoms with van der Waals surface area (Å²) in [5.74, 6) is 1.12. The van der Waals surface area contributed by atoms with Crippen molar-refractivity contribution in [3.05, 3.63) is 58.1 Å². The number of hydrogen-bond donors (Lipinski definition) is 1. The van der Waals surface area contributed by atoms with Crippen molar-refractivity contribution in [2.75, 3.05) is 7.11 Å². The second-order valence-corrected chi connectivity index (χ2v) is 8.90. The summed E-state index contributed by atoms with van der Waals surface area (Å²) in [5.41, 5.74) is 4.70. The predicted octanol–water partition coefficient (Wildman–Crippen LogP) is 4.78. The molecule has 0 saturated carbocycles. The van der Waals surface area contributed by atoms with Gasteiger partial charge >= 0.3 is 0 Å². The van der Waals surface area contributed by atoms with E-state index in [1.807, 2.05) is 45.9 Å². The van der Waals surface area contributed by atoms with Crippen LogP contribution in [0.3, 0.4) is 0 Å². The molecule has 2 rings (SSSR count). The van der Waals surface area contributed by atoms with E-state index in [4.69, 9.17) is 4.74 Å². The highest BCUT2D eigenvalue weighted by Crippen LogP contribution is 2.32. The van der Waals surface area contributed by atoms with Crippen LogP contribution in [0.2, 0.25) is 0 Å². The Morgan fingerprint density at radius 1 is 0.923 bits per heavy atom. The van der Waals surface area contributed by atoms with Crippen molar-refractivity contribution in [3.8, 4) is 5.75 Å². The number of nitrogens with one attached hydrogen (secondary N) is 1. The van der Waals surface area contributed by atoms with Crippen LogP contribution in [0, 0.1) is 20.8 Å². The maximum Gasteiger partial charge on any atom is 0.241 e. The quantitative estimate of drug-likeness (QED) is 0.790. The van der Waals surface area contributed by atoms with Gasteiger partial charge in [0, 0.05) is 6.04 Å². The molecule has 0 aromatic heterocycles. The third-order valence-corrected chi connectivity index (χ3v) is 6.35. The largest absolute Gasteiger partial charge is 0.496 e. The van der Waals surface area contributed by atoms with Crippen molar-refractivity contribution in [1.82, 2.24) is 4.72 Å². The Kier molecular flexibility index (Phi) is 6.14. The molecule has 0 aliphatic carbocycles. The lowest BCUT2D eigenvalue weighted by molar-refractivity contribution is 0.406. The molecule has 0 radical (unpaired) electrons. The molecule has 0 spiro atoms. The highest BCUT2D eigenvalue weighted by Gasteiger charge is 2.22. The molecule has 0 fully saturated rings. The van der Waals surface area contributed by atoms with Gasteiger partial charge in [0.15, 0.2) is 0 Å². The summed E-state index contributed by atoms with van der Waals surface area (Å²) in [6.45, 7) is 11.8. The Bertz CT molecular complexity index is 902. The summed E-state index contributed by atoms with van der Waals surface area (Å²) >= 11 is 0. The molecule has 5 heteroatoms. The predicted molar refractivity (Wildman–Crippen MR) is 106 cm³/mol. The fourth-order valence-electron chi connectivity index (χ4n) is 3.17. The van der Waals surface area contributed by atoms with Crippen LogP contribution in [0.4, 0.5) is 0 Å². The number of sulfonamides is 1. The van der Waals surface area contributed by atoms with E-state index < -0.39 is 10.0 Å². The van der Waals surface area contributed by atoms with Gasteiger partial charge in [-0.3, -0.25) is 0 Å². The fraction of sp³-hybridized carbons (Fsp3) is 0.429. The standard InChI is InChI=1S/C21H29NO3S/c1-13(2)18-12-19(16(5)11-20(18)25-7)17(6)22-26(23,24)21-10-14(3)8-9-15(21)4/h8-13,17,22H,1-7H3. The van der Waals surface area contributed by atoms with Crippen molar-refractivity contribution in [1.29, 1.82) is 0 Å². The van der Waals surface area contributed by atoms with E-state index >= 15 is 0 Å². The second kappa shape index (κ2) is 7.80. The van der Waals surface area contributed by atoms with E-state index in [0.717, 1.165) is 33.6 Å². The Morgan fingerprint density at radius 3 is 2.15 bits per heavy atom. The van der Waals surface area contributed by atoms with Crippen molar-refractivity contribution >= 4 is 10.0 Å². The number of rotatable bonds is 6. The van der Waals surface area contributed by atoms with Gasteiger partial charge in [-0.2, -0.15) is 0 Å². The van der Waals surface area contributed by atoms with Crippen LogP contribution in [0.5, 0.6) is 5.75 Å². The molecular formula is C21H29NO3S. The lowest BCUT2D eigenvalue weighted by atomic mass is 9.94. The molecule has 4 nitrogen and oxygen atoms in total. The third-order valence-electron chi connectivity index (χ3n) is 4.67. The summed E-state index contributed by atoms with van der Waals surface area (Å²) < 4.78 is 34.1. The van der Waals surface area contributed by atoms with Crippen molar-refractivity contribution in [2.24, 2.45) is 0 Å². The molecule has 0 saturated heterocycles. The highest BCUT2D eigenvalue weighted by atomic mass is 32.2. The SMILES string of the molecule is COc1cc(C)c(C(C)NS(=O)(=O)c2cc(C)ccc2C)cc1C(C)C. The smallest absolute Gasteiger partial charge is 0.241 e. The van der Waals surface area contributed by atoms with Gasteiger partial charge in [0.1, 0.15) is 5.75 Å². The van der Waals surface area contributed by atoms with Crippen LogP contribution in [0.1, 0.15) is 60.5 Å². The molecule has 0 bridgehead atoms. The van der Waals surface area contributed by atoms with Crippen LogP contribution in [-0.4, -0.2) is 15.5 Å². The molecule has 1 atom stereocenters. The van der Waals surface area contributed by atoms with Gasteiger partial charge in [-0.05, 0) is 79.6 Å². The van der Waals surface area contributed by atoms with Gasteiger partial charge in [0.05, 0.1) is 12.0 Å². The Hall–Kier alpha value is -1.85. The van der Waals surface area contributed by atoms with Gasteiger partial charge in [-0.25, -0.2) is 13.1 Å². The van der Waals surface area contributed by atoms with Crippen LogP contribution in [0.25, 0.3) is 0 Å². The molecule has 1 unspecified atom stereocenters. The number of methoxy groups -OCH3 is 1. The van der Waals surface area contributed by atoms with E-state index in [-0.39, 0.29) is 12.0 Å². The third kappa shape index (κ3) is 4.27. The average molecular weight is 376 g/mol. The zero-order chi connectivity index (χ0) is 19.6. The normalized spacial score (nSPS) is 13.1.